The molecule has 21 heavy (non-hydrogen) atoms. The van der Waals surface area contributed by atoms with E-state index in [-0.39, 0.29) is 5.75 Å². The number of aryl methyl sites for hydroxylation is 2. The number of anilines is 1. The summed E-state index contributed by atoms with van der Waals surface area (Å²) in [5.74, 6) is -0.0609. The highest BCUT2D eigenvalue weighted by molar-refractivity contribution is 7.91. The van der Waals surface area contributed by atoms with E-state index in [1.54, 1.807) is 13.8 Å². The monoisotopic (exact) mass is 308 g/mol. The van der Waals surface area contributed by atoms with Gasteiger partial charge in [0.1, 0.15) is 0 Å². The Bertz CT molecular complexity index is 703. The molecular formula is C14H20N4O2S. The summed E-state index contributed by atoms with van der Waals surface area (Å²) in [6, 6.07) is 7.54. The summed E-state index contributed by atoms with van der Waals surface area (Å²) in [6.07, 6.45) is 0. The van der Waals surface area contributed by atoms with Crippen LogP contribution >= 0.6 is 0 Å². The molecule has 0 bridgehead atoms. The second-order valence-corrected chi connectivity index (χ2v) is 6.74. The zero-order valence-electron chi connectivity index (χ0n) is 12.4. The largest absolute Gasteiger partial charge is 0.316 e. The van der Waals surface area contributed by atoms with Gasteiger partial charge in [-0.3, -0.25) is 9.82 Å². The third kappa shape index (κ3) is 4.05. The molecule has 7 heteroatoms. The van der Waals surface area contributed by atoms with Crippen molar-refractivity contribution >= 4 is 15.7 Å². The van der Waals surface area contributed by atoms with Crippen LogP contribution in [0.5, 0.6) is 0 Å². The van der Waals surface area contributed by atoms with E-state index in [1.165, 1.54) is 0 Å². The molecule has 3 N–H and O–H groups in total. The van der Waals surface area contributed by atoms with E-state index in [4.69, 9.17) is 0 Å². The average molecular weight is 308 g/mol. The maximum Gasteiger partial charge on any atom is 0.237 e. The molecule has 2 aromatic rings. The molecule has 0 fully saturated rings. The first-order chi connectivity index (χ1) is 9.91. The molecule has 1 heterocycles. The van der Waals surface area contributed by atoms with Crippen LogP contribution in [-0.2, 0) is 22.3 Å². The Morgan fingerprint density at radius 3 is 2.57 bits per heavy atom. The number of aromatic nitrogens is 2. The minimum absolute atomic E-state index is 0.0609. The summed E-state index contributed by atoms with van der Waals surface area (Å²) in [4.78, 5) is 0. The molecule has 0 amide bonds. The first kappa shape index (κ1) is 15.5. The third-order valence-corrected chi connectivity index (χ3v) is 4.34. The second kappa shape index (κ2) is 6.28. The summed E-state index contributed by atoms with van der Waals surface area (Å²) in [5, 5.41) is 9.80. The summed E-state index contributed by atoms with van der Waals surface area (Å²) < 4.78 is 27.1. The van der Waals surface area contributed by atoms with E-state index in [0.717, 1.165) is 11.1 Å². The Labute approximate surface area is 125 Å². The normalized spacial score (nSPS) is 11.6. The lowest BCUT2D eigenvalue weighted by Crippen LogP contribution is -2.16. The van der Waals surface area contributed by atoms with Gasteiger partial charge in [0.15, 0.2) is 0 Å². The molecule has 0 saturated heterocycles. The maximum atomic E-state index is 12.3. The number of sulfonamides is 1. The molecular weight excluding hydrogens is 288 g/mol. The van der Waals surface area contributed by atoms with Crippen molar-refractivity contribution in [1.29, 1.82) is 0 Å². The van der Waals surface area contributed by atoms with Crippen molar-refractivity contribution in [2.24, 2.45) is 0 Å². The van der Waals surface area contributed by atoms with Crippen LogP contribution in [0.2, 0.25) is 0 Å². The van der Waals surface area contributed by atoms with Crippen molar-refractivity contribution in [3.05, 3.63) is 46.8 Å². The third-order valence-electron chi connectivity index (χ3n) is 3.11. The van der Waals surface area contributed by atoms with Gasteiger partial charge in [-0.2, -0.15) is 5.10 Å². The fourth-order valence-electron chi connectivity index (χ4n) is 2.15. The molecule has 1 aromatic carbocycles. The van der Waals surface area contributed by atoms with Gasteiger partial charge in [-0.1, -0.05) is 24.3 Å². The van der Waals surface area contributed by atoms with Crippen LogP contribution in [-0.4, -0.2) is 25.7 Å². The Kier molecular flexibility index (Phi) is 4.64. The van der Waals surface area contributed by atoms with Crippen molar-refractivity contribution < 1.29 is 8.42 Å². The lowest BCUT2D eigenvalue weighted by atomic mass is 10.1. The molecule has 0 atom stereocenters. The lowest BCUT2D eigenvalue weighted by Gasteiger charge is -2.09. The molecule has 0 unspecified atom stereocenters. The summed E-state index contributed by atoms with van der Waals surface area (Å²) >= 11 is 0. The number of benzene rings is 1. The predicted octanol–water partition coefficient (Wildman–Crippen LogP) is 1.69. The molecule has 0 aliphatic rings. The Morgan fingerprint density at radius 1 is 1.24 bits per heavy atom. The molecule has 0 spiro atoms. The van der Waals surface area contributed by atoms with Gasteiger partial charge in [0.05, 0.1) is 22.8 Å². The summed E-state index contributed by atoms with van der Waals surface area (Å²) in [6.45, 7) is 4.25. The highest BCUT2D eigenvalue weighted by Gasteiger charge is 2.16. The molecule has 1 aromatic heterocycles. The standard InChI is InChI=1S/C14H20N4O2S/c1-10-14(11(2)17-16-10)18-21(19,20)9-13-6-4-5-12(7-13)8-15-3/h4-7,15,18H,8-9H2,1-3H3,(H,16,17). The Morgan fingerprint density at radius 2 is 1.95 bits per heavy atom. The van der Waals surface area contributed by atoms with Crippen LogP contribution in [0, 0.1) is 13.8 Å². The number of aromatic amines is 1. The maximum absolute atomic E-state index is 12.3. The van der Waals surface area contributed by atoms with Crippen molar-refractivity contribution in [3.8, 4) is 0 Å². The topological polar surface area (TPSA) is 86.9 Å². The first-order valence-electron chi connectivity index (χ1n) is 6.66. The smallest absolute Gasteiger partial charge is 0.237 e. The van der Waals surface area contributed by atoms with Crippen LogP contribution in [0.1, 0.15) is 22.5 Å². The minimum atomic E-state index is -3.46. The van der Waals surface area contributed by atoms with Crippen molar-refractivity contribution in [2.75, 3.05) is 11.8 Å². The fourth-order valence-corrected chi connectivity index (χ4v) is 3.45. The van der Waals surface area contributed by atoms with Gasteiger partial charge in [-0.25, -0.2) is 8.42 Å². The minimum Gasteiger partial charge on any atom is -0.316 e. The SMILES string of the molecule is CNCc1cccc(CS(=O)(=O)Nc2c(C)n[nH]c2C)c1. The lowest BCUT2D eigenvalue weighted by molar-refractivity contribution is 0.600. The fraction of sp³-hybridized carbons (Fsp3) is 0.357. The van der Waals surface area contributed by atoms with E-state index in [1.807, 2.05) is 31.3 Å². The van der Waals surface area contributed by atoms with Crippen LogP contribution in [0.25, 0.3) is 0 Å². The van der Waals surface area contributed by atoms with E-state index in [2.05, 4.69) is 20.2 Å². The van der Waals surface area contributed by atoms with Crippen molar-refractivity contribution in [1.82, 2.24) is 15.5 Å². The van der Waals surface area contributed by atoms with Gasteiger partial charge in [0.25, 0.3) is 0 Å². The van der Waals surface area contributed by atoms with Crippen LogP contribution in [0.15, 0.2) is 24.3 Å². The van der Waals surface area contributed by atoms with Gasteiger partial charge in [0.2, 0.25) is 10.0 Å². The molecule has 0 aliphatic carbocycles. The molecule has 0 aliphatic heterocycles. The zero-order chi connectivity index (χ0) is 15.5. The van der Waals surface area contributed by atoms with Crippen LogP contribution in [0.4, 0.5) is 5.69 Å². The van der Waals surface area contributed by atoms with Crippen molar-refractivity contribution in [3.63, 3.8) is 0 Å². The first-order valence-corrected chi connectivity index (χ1v) is 8.31. The van der Waals surface area contributed by atoms with Crippen LogP contribution in [0.3, 0.4) is 0 Å². The average Bonchev–Trinajstić information content (AvgIpc) is 2.70. The summed E-state index contributed by atoms with van der Waals surface area (Å²) in [5.41, 5.74) is 3.69. The number of nitrogens with zero attached hydrogens (tertiary/aromatic N) is 1. The predicted molar refractivity (Wildman–Crippen MR) is 83.5 cm³/mol. The van der Waals surface area contributed by atoms with Gasteiger partial charge < -0.3 is 5.32 Å². The quantitative estimate of drug-likeness (QED) is 0.758. The Balaban J connectivity index is 2.16. The molecule has 0 radical (unpaired) electrons. The number of hydrogen-bond donors (Lipinski definition) is 3. The number of rotatable bonds is 6. The van der Waals surface area contributed by atoms with Crippen molar-refractivity contribution in [2.45, 2.75) is 26.1 Å². The molecule has 0 saturated carbocycles. The highest BCUT2D eigenvalue weighted by atomic mass is 32.2. The summed E-state index contributed by atoms with van der Waals surface area (Å²) in [7, 11) is -1.61. The van der Waals surface area contributed by atoms with Gasteiger partial charge in [0, 0.05) is 6.54 Å². The van der Waals surface area contributed by atoms with E-state index >= 15 is 0 Å². The van der Waals surface area contributed by atoms with Gasteiger partial charge >= 0.3 is 0 Å². The zero-order valence-corrected chi connectivity index (χ0v) is 13.2. The Hall–Kier alpha value is -1.86. The van der Waals surface area contributed by atoms with Gasteiger partial charge in [-0.15, -0.1) is 0 Å². The van der Waals surface area contributed by atoms with E-state index in [0.29, 0.717) is 23.6 Å². The highest BCUT2D eigenvalue weighted by Crippen LogP contribution is 2.19. The van der Waals surface area contributed by atoms with E-state index < -0.39 is 10.0 Å². The molecule has 114 valence electrons. The van der Waals surface area contributed by atoms with E-state index in [9.17, 15) is 8.42 Å². The number of H-pyrrole nitrogens is 1. The number of nitrogens with one attached hydrogen (secondary N) is 3. The van der Waals surface area contributed by atoms with Crippen LogP contribution < -0.4 is 10.0 Å². The molecule has 2 rings (SSSR count). The second-order valence-electron chi connectivity index (χ2n) is 5.02. The number of hydrogen-bond acceptors (Lipinski definition) is 4. The molecule has 6 nitrogen and oxygen atoms in total. The van der Waals surface area contributed by atoms with Gasteiger partial charge in [-0.05, 0) is 32.0 Å².